The van der Waals surface area contributed by atoms with E-state index in [-0.39, 0.29) is 0 Å². The highest BCUT2D eigenvalue weighted by atomic mass is 127. The quantitative estimate of drug-likeness (QED) is 0.728. The van der Waals surface area contributed by atoms with Crippen molar-refractivity contribution in [2.45, 2.75) is 25.6 Å². The lowest BCUT2D eigenvalue weighted by molar-refractivity contribution is -0.137. The molecule has 1 saturated heterocycles. The minimum absolute atomic E-state index is 0.543. The molecule has 0 aliphatic carbocycles. The average Bonchev–Trinajstić information content (AvgIpc) is 2.68. The monoisotopic (exact) mass is 355 g/mol. The Morgan fingerprint density at radius 2 is 1.76 bits per heavy atom. The van der Waals surface area contributed by atoms with Crippen LogP contribution in [0, 0.1) is 3.57 Å². The molecule has 1 heterocycles. The maximum Gasteiger partial charge on any atom is 0.416 e. The molecule has 0 saturated carbocycles. The molecule has 0 radical (unpaired) electrons. The zero-order chi connectivity index (χ0) is 12.5. The first-order chi connectivity index (χ1) is 7.95. The van der Waals surface area contributed by atoms with Crippen LogP contribution in [0.5, 0.6) is 0 Å². The molecule has 17 heavy (non-hydrogen) atoms. The summed E-state index contributed by atoms with van der Waals surface area (Å²) in [5.74, 6) is 0. The molecule has 0 atom stereocenters. The Labute approximate surface area is 112 Å². The van der Waals surface area contributed by atoms with Crippen LogP contribution in [-0.2, 0) is 12.7 Å². The van der Waals surface area contributed by atoms with Crippen molar-refractivity contribution in [1.82, 2.24) is 4.90 Å². The van der Waals surface area contributed by atoms with Gasteiger partial charge in [-0.05, 0) is 72.3 Å². The molecule has 0 spiro atoms. The average molecular weight is 355 g/mol. The van der Waals surface area contributed by atoms with Crippen LogP contribution in [0.15, 0.2) is 18.2 Å². The molecule has 0 N–H and O–H groups in total. The molecule has 0 unspecified atom stereocenters. The summed E-state index contributed by atoms with van der Waals surface area (Å²) >= 11 is 1.94. The number of likely N-dealkylation sites (tertiary alicyclic amines) is 1. The molecule has 1 aliphatic heterocycles. The van der Waals surface area contributed by atoms with Crippen molar-refractivity contribution in [1.29, 1.82) is 0 Å². The van der Waals surface area contributed by atoms with Gasteiger partial charge in [-0.1, -0.05) is 0 Å². The predicted octanol–water partition coefficient (Wildman–Crippen LogP) is 3.91. The SMILES string of the molecule is FC(F)(F)c1cc(I)cc(CN2CCCC2)c1. The minimum atomic E-state index is -4.25. The van der Waals surface area contributed by atoms with E-state index in [0.717, 1.165) is 31.5 Å². The van der Waals surface area contributed by atoms with E-state index in [4.69, 9.17) is 0 Å². The Morgan fingerprint density at radius 1 is 1.12 bits per heavy atom. The molecule has 1 fully saturated rings. The van der Waals surface area contributed by atoms with Crippen molar-refractivity contribution in [3.63, 3.8) is 0 Å². The van der Waals surface area contributed by atoms with Gasteiger partial charge in [-0.2, -0.15) is 13.2 Å². The van der Waals surface area contributed by atoms with Crippen LogP contribution >= 0.6 is 22.6 Å². The van der Waals surface area contributed by atoms with Gasteiger partial charge in [-0.3, -0.25) is 4.90 Å². The maximum atomic E-state index is 12.6. The van der Waals surface area contributed by atoms with Gasteiger partial charge in [0.15, 0.2) is 0 Å². The Balaban J connectivity index is 2.19. The first kappa shape index (κ1) is 13.1. The molecule has 1 aromatic rings. The first-order valence-electron chi connectivity index (χ1n) is 5.54. The normalized spacial score (nSPS) is 17.6. The lowest BCUT2D eigenvalue weighted by Crippen LogP contribution is -2.19. The van der Waals surface area contributed by atoms with Gasteiger partial charge >= 0.3 is 6.18 Å². The summed E-state index contributed by atoms with van der Waals surface area (Å²) < 4.78 is 38.6. The summed E-state index contributed by atoms with van der Waals surface area (Å²) in [4.78, 5) is 2.20. The largest absolute Gasteiger partial charge is 0.416 e. The Bertz CT molecular complexity index is 397. The molecule has 94 valence electrons. The standard InChI is InChI=1S/C12H13F3IN/c13-12(14,15)10-5-9(6-11(16)7-10)8-17-3-1-2-4-17/h5-7H,1-4,8H2. The van der Waals surface area contributed by atoms with E-state index in [2.05, 4.69) is 4.90 Å². The smallest absolute Gasteiger partial charge is 0.299 e. The van der Waals surface area contributed by atoms with Crippen LogP contribution in [0.2, 0.25) is 0 Å². The topological polar surface area (TPSA) is 3.24 Å². The lowest BCUT2D eigenvalue weighted by Gasteiger charge is -2.16. The summed E-state index contributed by atoms with van der Waals surface area (Å²) in [6.45, 7) is 2.61. The zero-order valence-corrected chi connectivity index (χ0v) is 11.4. The summed E-state index contributed by atoms with van der Waals surface area (Å²) in [5.41, 5.74) is 0.213. The van der Waals surface area contributed by atoms with E-state index in [1.54, 1.807) is 0 Å². The first-order valence-corrected chi connectivity index (χ1v) is 6.62. The Hall–Kier alpha value is -0.300. The summed E-state index contributed by atoms with van der Waals surface area (Å²) in [6.07, 6.45) is -1.95. The third kappa shape index (κ3) is 3.58. The zero-order valence-electron chi connectivity index (χ0n) is 9.23. The second-order valence-corrected chi connectivity index (χ2v) is 5.57. The van der Waals surface area contributed by atoms with Gasteiger partial charge in [-0.15, -0.1) is 0 Å². The Morgan fingerprint density at radius 3 is 2.35 bits per heavy atom. The third-order valence-electron chi connectivity index (χ3n) is 2.89. The van der Waals surface area contributed by atoms with E-state index in [9.17, 15) is 13.2 Å². The molecule has 0 amide bonds. The van der Waals surface area contributed by atoms with Crippen LogP contribution in [0.1, 0.15) is 24.0 Å². The highest BCUT2D eigenvalue weighted by Gasteiger charge is 2.31. The number of rotatable bonds is 2. The third-order valence-corrected chi connectivity index (χ3v) is 3.51. The van der Waals surface area contributed by atoms with Crippen molar-refractivity contribution in [3.8, 4) is 0 Å². The van der Waals surface area contributed by atoms with Crippen molar-refractivity contribution < 1.29 is 13.2 Å². The predicted molar refractivity (Wildman–Crippen MR) is 68.7 cm³/mol. The van der Waals surface area contributed by atoms with Crippen molar-refractivity contribution in [2.75, 3.05) is 13.1 Å². The second kappa shape index (κ2) is 5.14. The van der Waals surface area contributed by atoms with Gasteiger partial charge in [0.25, 0.3) is 0 Å². The van der Waals surface area contributed by atoms with Crippen molar-refractivity contribution >= 4 is 22.6 Å². The summed E-state index contributed by atoms with van der Waals surface area (Å²) in [5, 5.41) is 0. The van der Waals surface area contributed by atoms with E-state index >= 15 is 0 Å². The molecule has 0 bridgehead atoms. The molecule has 1 nitrogen and oxygen atoms in total. The van der Waals surface area contributed by atoms with E-state index < -0.39 is 11.7 Å². The number of halogens is 4. The molecular formula is C12H13F3IN. The molecule has 1 aromatic carbocycles. The van der Waals surface area contributed by atoms with Crippen LogP contribution in [0.4, 0.5) is 13.2 Å². The highest BCUT2D eigenvalue weighted by Crippen LogP contribution is 2.31. The fourth-order valence-corrected chi connectivity index (χ4v) is 2.84. The Kier molecular flexibility index (Phi) is 3.97. The van der Waals surface area contributed by atoms with Gasteiger partial charge in [0, 0.05) is 10.1 Å². The van der Waals surface area contributed by atoms with Gasteiger partial charge in [0.05, 0.1) is 5.56 Å². The summed E-state index contributed by atoms with van der Waals surface area (Å²) in [6, 6.07) is 4.28. The van der Waals surface area contributed by atoms with E-state index in [1.165, 1.54) is 12.1 Å². The number of hydrogen-bond donors (Lipinski definition) is 0. The van der Waals surface area contributed by atoms with Crippen LogP contribution in [0.25, 0.3) is 0 Å². The second-order valence-electron chi connectivity index (χ2n) is 4.33. The summed E-state index contributed by atoms with van der Waals surface area (Å²) in [7, 11) is 0. The molecule has 2 rings (SSSR count). The van der Waals surface area contributed by atoms with Crippen molar-refractivity contribution in [2.24, 2.45) is 0 Å². The molecule has 1 aliphatic rings. The van der Waals surface area contributed by atoms with Gasteiger partial charge < -0.3 is 0 Å². The van der Waals surface area contributed by atoms with Crippen LogP contribution in [0.3, 0.4) is 0 Å². The van der Waals surface area contributed by atoms with Crippen molar-refractivity contribution in [3.05, 3.63) is 32.9 Å². The van der Waals surface area contributed by atoms with Gasteiger partial charge in [0.1, 0.15) is 0 Å². The van der Waals surface area contributed by atoms with E-state index in [0.29, 0.717) is 10.1 Å². The lowest BCUT2D eigenvalue weighted by atomic mass is 10.1. The molecule has 0 aromatic heterocycles. The molecular weight excluding hydrogens is 342 g/mol. The minimum Gasteiger partial charge on any atom is -0.299 e. The van der Waals surface area contributed by atoms with Crippen LogP contribution < -0.4 is 0 Å². The maximum absolute atomic E-state index is 12.6. The number of alkyl halides is 3. The van der Waals surface area contributed by atoms with Crippen LogP contribution in [-0.4, -0.2) is 18.0 Å². The van der Waals surface area contributed by atoms with Gasteiger partial charge in [0.2, 0.25) is 0 Å². The van der Waals surface area contributed by atoms with E-state index in [1.807, 2.05) is 28.7 Å². The van der Waals surface area contributed by atoms with Gasteiger partial charge in [-0.25, -0.2) is 0 Å². The number of benzene rings is 1. The molecule has 5 heteroatoms. The fraction of sp³-hybridized carbons (Fsp3) is 0.500. The number of nitrogens with zero attached hydrogens (tertiary/aromatic N) is 1. The highest BCUT2D eigenvalue weighted by molar-refractivity contribution is 14.1. The number of hydrogen-bond acceptors (Lipinski definition) is 1. The fourth-order valence-electron chi connectivity index (χ4n) is 2.10.